The molecule has 1 amide bonds. The van der Waals surface area contributed by atoms with Gasteiger partial charge in [-0.25, -0.2) is 9.67 Å². The summed E-state index contributed by atoms with van der Waals surface area (Å²) >= 11 is 0. The van der Waals surface area contributed by atoms with Gasteiger partial charge in [0.1, 0.15) is 31.2 Å². The predicted molar refractivity (Wildman–Crippen MR) is 74.9 cm³/mol. The monoisotopic (exact) mass is 328 g/mol. The summed E-state index contributed by atoms with van der Waals surface area (Å²) < 4.78 is 11.6. The molecule has 1 aliphatic rings. The summed E-state index contributed by atoms with van der Waals surface area (Å²) in [7, 11) is 0. The van der Waals surface area contributed by atoms with Crippen molar-refractivity contribution in [1.29, 1.82) is 0 Å². The number of carbonyl (C=O) groups excluding carboxylic acids is 2. The summed E-state index contributed by atoms with van der Waals surface area (Å²) in [4.78, 5) is 26.4. The maximum Gasteiger partial charge on any atom is 0.311 e. The molecule has 2 heterocycles. The number of aromatic nitrogens is 3. The highest BCUT2D eigenvalue weighted by Gasteiger charge is 2.45. The fraction of sp³-hybridized carbons (Fsp3) is 0.692. The van der Waals surface area contributed by atoms with E-state index in [2.05, 4.69) is 10.1 Å². The van der Waals surface area contributed by atoms with Crippen molar-refractivity contribution in [1.82, 2.24) is 14.8 Å². The fourth-order valence-corrected chi connectivity index (χ4v) is 1.97. The highest BCUT2D eigenvalue weighted by molar-refractivity contribution is 5.88. The van der Waals surface area contributed by atoms with Crippen molar-refractivity contribution in [2.75, 3.05) is 6.61 Å². The van der Waals surface area contributed by atoms with E-state index in [1.54, 1.807) is 20.8 Å². The maximum atomic E-state index is 11.7. The van der Waals surface area contributed by atoms with E-state index in [9.17, 15) is 19.8 Å². The summed E-state index contributed by atoms with van der Waals surface area (Å²) in [6.07, 6.45) is -3.44. The molecule has 1 aromatic heterocycles. The number of hydrogen-bond acceptors (Lipinski definition) is 8. The molecule has 10 nitrogen and oxygen atoms in total. The van der Waals surface area contributed by atoms with Crippen LogP contribution in [0.5, 0.6) is 0 Å². The Morgan fingerprint density at radius 1 is 1.39 bits per heavy atom. The van der Waals surface area contributed by atoms with Gasteiger partial charge < -0.3 is 25.4 Å². The van der Waals surface area contributed by atoms with E-state index in [1.807, 2.05) is 0 Å². The van der Waals surface area contributed by atoms with Crippen LogP contribution in [-0.2, 0) is 14.3 Å². The molecular weight excluding hydrogens is 308 g/mol. The van der Waals surface area contributed by atoms with Crippen LogP contribution in [-0.4, -0.2) is 61.8 Å². The number of rotatable bonds is 4. The van der Waals surface area contributed by atoms with Crippen LogP contribution in [0, 0.1) is 5.41 Å². The average molecular weight is 328 g/mol. The van der Waals surface area contributed by atoms with Crippen molar-refractivity contribution >= 4 is 11.9 Å². The van der Waals surface area contributed by atoms with E-state index in [1.165, 1.54) is 0 Å². The van der Waals surface area contributed by atoms with Gasteiger partial charge in [-0.3, -0.25) is 9.59 Å². The normalized spacial score (nSPS) is 27.9. The van der Waals surface area contributed by atoms with Gasteiger partial charge in [-0.1, -0.05) is 0 Å². The van der Waals surface area contributed by atoms with Gasteiger partial charge in [0.25, 0.3) is 5.91 Å². The van der Waals surface area contributed by atoms with Crippen molar-refractivity contribution in [2.45, 2.75) is 45.3 Å². The summed E-state index contributed by atoms with van der Waals surface area (Å²) in [6.45, 7) is 4.86. The van der Waals surface area contributed by atoms with E-state index in [0.29, 0.717) is 0 Å². The minimum Gasteiger partial charge on any atom is -0.462 e. The minimum atomic E-state index is -1.32. The molecule has 0 spiro atoms. The Bertz CT molecular complexity index is 596. The highest BCUT2D eigenvalue weighted by atomic mass is 16.6. The third kappa shape index (κ3) is 3.66. The summed E-state index contributed by atoms with van der Waals surface area (Å²) in [5.41, 5.74) is 4.36. The molecule has 1 aromatic rings. The van der Waals surface area contributed by atoms with E-state index in [-0.39, 0.29) is 12.4 Å². The number of nitrogens with zero attached hydrogens (tertiary/aromatic N) is 3. The van der Waals surface area contributed by atoms with Crippen LogP contribution in [0.15, 0.2) is 6.33 Å². The van der Waals surface area contributed by atoms with Crippen molar-refractivity contribution in [3.63, 3.8) is 0 Å². The maximum absolute atomic E-state index is 11.7. The van der Waals surface area contributed by atoms with E-state index < -0.39 is 41.8 Å². The number of aliphatic hydroxyl groups is 2. The lowest BCUT2D eigenvalue weighted by Gasteiger charge is -2.20. The van der Waals surface area contributed by atoms with Crippen LogP contribution in [0.2, 0.25) is 0 Å². The van der Waals surface area contributed by atoms with E-state index in [4.69, 9.17) is 15.2 Å². The van der Waals surface area contributed by atoms with Crippen molar-refractivity contribution in [3.05, 3.63) is 12.2 Å². The molecule has 23 heavy (non-hydrogen) atoms. The lowest BCUT2D eigenvalue weighted by molar-refractivity contribution is -0.159. The number of esters is 1. The van der Waals surface area contributed by atoms with Gasteiger partial charge in [-0.05, 0) is 20.8 Å². The Hall–Kier alpha value is -2.04. The molecule has 128 valence electrons. The van der Waals surface area contributed by atoms with Crippen LogP contribution in [0.25, 0.3) is 0 Å². The smallest absolute Gasteiger partial charge is 0.311 e. The highest BCUT2D eigenvalue weighted by Crippen LogP contribution is 2.29. The molecule has 4 N–H and O–H groups in total. The third-order valence-corrected chi connectivity index (χ3v) is 3.32. The lowest BCUT2D eigenvalue weighted by atomic mass is 9.97. The third-order valence-electron chi connectivity index (χ3n) is 3.32. The molecule has 0 aliphatic carbocycles. The molecule has 1 fully saturated rings. The van der Waals surface area contributed by atoms with Gasteiger partial charge in [0, 0.05) is 0 Å². The molecule has 0 aromatic carbocycles. The second kappa shape index (κ2) is 6.22. The average Bonchev–Trinajstić information content (AvgIpc) is 3.03. The molecule has 1 aliphatic heterocycles. The predicted octanol–water partition coefficient (Wildman–Crippen LogP) is -1.41. The van der Waals surface area contributed by atoms with Gasteiger partial charge in [0.15, 0.2) is 6.23 Å². The summed E-state index contributed by atoms with van der Waals surface area (Å²) in [5.74, 6) is -1.52. The fourth-order valence-electron chi connectivity index (χ4n) is 1.97. The lowest BCUT2D eigenvalue weighted by Crippen LogP contribution is -2.35. The van der Waals surface area contributed by atoms with E-state index >= 15 is 0 Å². The standard InChI is InChI=1S/C13H20N4O6/c1-13(2,3)12(21)22-4-6-7(18)8(19)11(23-6)17-5-15-10(16-17)9(14)20/h5-8,11,18-19H,4H2,1-3H3,(H2,14,20)/t6?,7?,8-,11?/m1/s1. The Labute approximate surface area is 132 Å². The van der Waals surface area contributed by atoms with Gasteiger partial charge >= 0.3 is 5.97 Å². The van der Waals surface area contributed by atoms with E-state index in [0.717, 1.165) is 11.0 Å². The zero-order valence-electron chi connectivity index (χ0n) is 13.0. The first-order valence-corrected chi connectivity index (χ1v) is 7.01. The second-order valence-electron chi connectivity index (χ2n) is 6.31. The van der Waals surface area contributed by atoms with Gasteiger partial charge in [0.2, 0.25) is 5.82 Å². The molecule has 2 rings (SSSR count). The molecular formula is C13H20N4O6. The first-order valence-electron chi connectivity index (χ1n) is 7.01. The van der Waals surface area contributed by atoms with Crippen LogP contribution in [0.4, 0.5) is 0 Å². The Balaban J connectivity index is 2.03. The Kier molecular flexibility index (Phi) is 4.68. The number of hydrogen-bond donors (Lipinski definition) is 3. The molecule has 0 radical (unpaired) electrons. The second-order valence-corrected chi connectivity index (χ2v) is 6.31. The molecule has 1 saturated heterocycles. The Morgan fingerprint density at radius 3 is 2.57 bits per heavy atom. The number of aliphatic hydroxyl groups excluding tert-OH is 2. The number of nitrogens with two attached hydrogens (primary N) is 1. The zero-order valence-corrected chi connectivity index (χ0v) is 13.0. The first-order chi connectivity index (χ1) is 10.6. The van der Waals surface area contributed by atoms with Crippen LogP contribution in [0.3, 0.4) is 0 Å². The van der Waals surface area contributed by atoms with Crippen LogP contribution >= 0.6 is 0 Å². The summed E-state index contributed by atoms with van der Waals surface area (Å²) in [6, 6.07) is 0. The number of amides is 1. The zero-order chi connectivity index (χ0) is 17.4. The van der Waals surface area contributed by atoms with Crippen molar-refractivity contribution in [3.8, 4) is 0 Å². The molecule has 0 bridgehead atoms. The van der Waals surface area contributed by atoms with Gasteiger partial charge in [-0.15, -0.1) is 5.10 Å². The molecule has 10 heteroatoms. The molecule has 3 unspecified atom stereocenters. The van der Waals surface area contributed by atoms with Crippen molar-refractivity contribution in [2.24, 2.45) is 11.1 Å². The van der Waals surface area contributed by atoms with Crippen molar-refractivity contribution < 1.29 is 29.3 Å². The quantitative estimate of drug-likeness (QED) is 0.570. The number of carbonyl (C=O) groups is 2. The molecule has 4 atom stereocenters. The first kappa shape index (κ1) is 17.3. The molecule has 0 saturated carbocycles. The number of ether oxygens (including phenoxy) is 2. The SMILES string of the molecule is CC(C)(C)C(=O)OCC1OC(n2cnc(C(N)=O)n2)[C@H](O)C1O. The summed E-state index contributed by atoms with van der Waals surface area (Å²) in [5, 5.41) is 23.8. The van der Waals surface area contributed by atoms with Crippen LogP contribution < -0.4 is 5.73 Å². The van der Waals surface area contributed by atoms with Gasteiger partial charge in [-0.2, -0.15) is 0 Å². The Morgan fingerprint density at radius 2 is 2.04 bits per heavy atom. The number of primary amides is 1. The topological polar surface area (TPSA) is 150 Å². The van der Waals surface area contributed by atoms with Gasteiger partial charge in [0.05, 0.1) is 5.41 Å². The minimum absolute atomic E-state index is 0.220. The largest absolute Gasteiger partial charge is 0.462 e. The van der Waals surface area contributed by atoms with Crippen LogP contribution in [0.1, 0.15) is 37.6 Å².